The van der Waals surface area contributed by atoms with Crippen LogP contribution in [0.4, 0.5) is 13.2 Å². The summed E-state index contributed by atoms with van der Waals surface area (Å²) in [5.74, 6) is 0. The molecule has 1 saturated carbocycles. The highest BCUT2D eigenvalue weighted by molar-refractivity contribution is 5.26. The Morgan fingerprint density at radius 3 is 2.29 bits per heavy atom. The minimum atomic E-state index is -4.33. The van der Waals surface area contributed by atoms with Crippen molar-refractivity contribution in [3.05, 3.63) is 35.4 Å². The normalized spacial score (nSPS) is 19.1. The van der Waals surface area contributed by atoms with E-state index < -0.39 is 17.8 Å². The first-order valence-corrected chi connectivity index (χ1v) is 7.42. The second-order valence-corrected chi connectivity index (χ2v) is 5.97. The van der Waals surface area contributed by atoms with Gasteiger partial charge in [0.25, 0.3) is 0 Å². The molecule has 0 spiro atoms. The molecule has 0 radical (unpaired) electrons. The summed E-state index contributed by atoms with van der Waals surface area (Å²) in [6, 6.07) is 4.71. The minimum absolute atomic E-state index is 0.361. The largest absolute Gasteiger partial charge is 0.416 e. The lowest BCUT2D eigenvalue weighted by molar-refractivity contribution is -0.137. The molecule has 0 aromatic heterocycles. The Morgan fingerprint density at radius 2 is 1.86 bits per heavy atom. The van der Waals surface area contributed by atoms with Gasteiger partial charge in [-0.05, 0) is 42.4 Å². The molecule has 1 fully saturated rings. The zero-order chi connectivity index (χ0) is 15.5. The quantitative estimate of drug-likeness (QED) is 0.835. The standard InChI is InChI=1S/C16H22F3NO/c1-2-15(8-3-9-15)11-20-10-14(21)12-4-6-13(7-5-12)16(17,18)19/h4-7,14,20-21H,2-3,8-11H2,1H3. The van der Waals surface area contributed by atoms with E-state index in [1.807, 2.05) is 0 Å². The molecule has 2 nitrogen and oxygen atoms in total. The molecular weight excluding hydrogens is 279 g/mol. The summed E-state index contributed by atoms with van der Waals surface area (Å²) in [4.78, 5) is 0. The zero-order valence-corrected chi connectivity index (χ0v) is 12.2. The number of benzene rings is 1. The molecule has 1 aromatic carbocycles. The summed E-state index contributed by atoms with van der Waals surface area (Å²) in [5, 5.41) is 13.3. The summed E-state index contributed by atoms with van der Waals surface area (Å²) >= 11 is 0. The van der Waals surface area contributed by atoms with Gasteiger partial charge in [0.2, 0.25) is 0 Å². The lowest BCUT2D eigenvalue weighted by atomic mass is 9.67. The Kier molecular flexibility index (Phi) is 4.94. The van der Waals surface area contributed by atoms with Crippen LogP contribution in [0.15, 0.2) is 24.3 Å². The van der Waals surface area contributed by atoms with Gasteiger partial charge in [-0.25, -0.2) is 0 Å². The van der Waals surface area contributed by atoms with Crippen molar-refractivity contribution in [2.45, 2.75) is 44.9 Å². The maximum atomic E-state index is 12.5. The van der Waals surface area contributed by atoms with Gasteiger partial charge in [0.15, 0.2) is 0 Å². The lowest BCUT2D eigenvalue weighted by Gasteiger charge is -2.41. The first-order valence-electron chi connectivity index (χ1n) is 7.42. The lowest BCUT2D eigenvalue weighted by Crippen LogP contribution is -2.40. The van der Waals surface area contributed by atoms with E-state index >= 15 is 0 Å². The second-order valence-electron chi connectivity index (χ2n) is 5.97. The molecule has 118 valence electrons. The van der Waals surface area contributed by atoms with Crippen molar-refractivity contribution >= 4 is 0 Å². The molecule has 0 amide bonds. The number of aliphatic hydroxyl groups excluding tert-OH is 1. The first-order chi connectivity index (χ1) is 9.86. The molecule has 5 heteroatoms. The Bertz CT molecular complexity index is 446. The highest BCUT2D eigenvalue weighted by Crippen LogP contribution is 2.43. The average Bonchev–Trinajstić information content (AvgIpc) is 2.41. The molecule has 2 rings (SSSR count). The van der Waals surface area contributed by atoms with Crippen molar-refractivity contribution in [2.75, 3.05) is 13.1 Å². The number of alkyl halides is 3. The van der Waals surface area contributed by atoms with E-state index in [0.717, 1.165) is 25.1 Å². The van der Waals surface area contributed by atoms with Crippen LogP contribution in [0.25, 0.3) is 0 Å². The summed E-state index contributed by atoms with van der Waals surface area (Å²) in [6.07, 6.45) is -0.298. The van der Waals surface area contributed by atoms with Gasteiger partial charge in [-0.2, -0.15) is 13.2 Å². The molecule has 0 saturated heterocycles. The fourth-order valence-electron chi connectivity index (χ4n) is 2.82. The number of nitrogens with one attached hydrogen (secondary N) is 1. The Hall–Kier alpha value is -1.07. The van der Waals surface area contributed by atoms with E-state index in [0.29, 0.717) is 17.5 Å². The van der Waals surface area contributed by atoms with E-state index in [9.17, 15) is 18.3 Å². The van der Waals surface area contributed by atoms with Crippen molar-refractivity contribution in [1.29, 1.82) is 0 Å². The number of hydrogen-bond acceptors (Lipinski definition) is 2. The fourth-order valence-corrected chi connectivity index (χ4v) is 2.82. The minimum Gasteiger partial charge on any atom is -0.387 e. The van der Waals surface area contributed by atoms with Crippen LogP contribution in [0.3, 0.4) is 0 Å². The number of halogens is 3. The van der Waals surface area contributed by atoms with E-state index in [-0.39, 0.29) is 0 Å². The van der Waals surface area contributed by atoms with Crippen molar-refractivity contribution < 1.29 is 18.3 Å². The number of rotatable bonds is 6. The van der Waals surface area contributed by atoms with Gasteiger partial charge in [-0.1, -0.05) is 25.5 Å². The Balaban J connectivity index is 1.84. The first kappa shape index (κ1) is 16.3. The molecule has 1 aliphatic carbocycles. The third kappa shape index (κ3) is 3.98. The van der Waals surface area contributed by atoms with Crippen molar-refractivity contribution in [3.63, 3.8) is 0 Å². The van der Waals surface area contributed by atoms with Crippen LogP contribution >= 0.6 is 0 Å². The smallest absolute Gasteiger partial charge is 0.387 e. The van der Waals surface area contributed by atoms with Crippen molar-refractivity contribution in [1.82, 2.24) is 5.32 Å². The molecule has 1 aromatic rings. The SMILES string of the molecule is CCC1(CNCC(O)c2ccc(C(F)(F)F)cc2)CCC1. The van der Waals surface area contributed by atoms with Crippen LogP contribution in [0.1, 0.15) is 49.8 Å². The van der Waals surface area contributed by atoms with Crippen LogP contribution in [0, 0.1) is 5.41 Å². The van der Waals surface area contributed by atoms with Crippen molar-refractivity contribution in [2.24, 2.45) is 5.41 Å². The number of hydrogen-bond donors (Lipinski definition) is 2. The highest BCUT2D eigenvalue weighted by atomic mass is 19.4. The molecule has 21 heavy (non-hydrogen) atoms. The van der Waals surface area contributed by atoms with E-state index in [1.54, 1.807) is 0 Å². The molecule has 1 atom stereocenters. The topological polar surface area (TPSA) is 32.3 Å². The van der Waals surface area contributed by atoms with Gasteiger partial charge in [-0.3, -0.25) is 0 Å². The molecule has 0 aliphatic heterocycles. The van der Waals surface area contributed by atoms with Gasteiger partial charge in [-0.15, -0.1) is 0 Å². The zero-order valence-electron chi connectivity index (χ0n) is 12.2. The van der Waals surface area contributed by atoms with Gasteiger partial charge in [0.05, 0.1) is 11.7 Å². The highest BCUT2D eigenvalue weighted by Gasteiger charge is 2.34. The van der Waals surface area contributed by atoms with Crippen LogP contribution < -0.4 is 5.32 Å². The molecule has 0 heterocycles. The summed E-state index contributed by atoms with van der Waals surface area (Å²) in [5.41, 5.74) is 0.181. The fraction of sp³-hybridized carbons (Fsp3) is 0.625. The van der Waals surface area contributed by atoms with Gasteiger partial charge in [0.1, 0.15) is 0 Å². The second kappa shape index (κ2) is 6.36. The number of aliphatic hydroxyl groups is 1. The maximum Gasteiger partial charge on any atom is 0.416 e. The molecule has 1 aliphatic rings. The van der Waals surface area contributed by atoms with Crippen LogP contribution in [-0.2, 0) is 6.18 Å². The summed E-state index contributed by atoms with van der Waals surface area (Å²) in [6.45, 7) is 3.40. The Labute approximate surface area is 123 Å². The van der Waals surface area contributed by atoms with E-state index in [4.69, 9.17) is 0 Å². The third-order valence-electron chi connectivity index (χ3n) is 4.62. The van der Waals surface area contributed by atoms with Crippen LogP contribution in [-0.4, -0.2) is 18.2 Å². The van der Waals surface area contributed by atoms with Gasteiger partial charge < -0.3 is 10.4 Å². The van der Waals surface area contributed by atoms with Crippen molar-refractivity contribution in [3.8, 4) is 0 Å². The third-order valence-corrected chi connectivity index (χ3v) is 4.62. The maximum absolute atomic E-state index is 12.5. The molecular formula is C16H22F3NO. The van der Waals surface area contributed by atoms with E-state index in [2.05, 4.69) is 12.2 Å². The average molecular weight is 301 g/mol. The van der Waals surface area contributed by atoms with Crippen LogP contribution in [0.5, 0.6) is 0 Å². The molecule has 0 bridgehead atoms. The predicted molar refractivity (Wildman–Crippen MR) is 75.8 cm³/mol. The molecule has 1 unspecified atom stereocenters. The summed E-state index contributed by atoms with van der Waals surface area (Å²) in [7, 11) is 0. The van der Waals surface area contributed by atoms with E-state index in [1.165, 1.54) is 31.4 Å². The van der Waals surface area contributed by atoms with Gasteiger partial charge >= 0.3 is 6.18 Å². The molecule has 2 N–H and O–H groups in total. The predicted octanol–water partition coefficient (Wildman–Crippen LogP) is 3.91. The monoisotopic (exact) mass is 301 g/mol. The van der Waals surface area contributed by atoms with Gasteiger partial charge in [0, 0.05) is 13.1 Å². The van der Waals surface area contributed by atoms with Crippen LogP contribution in [0.2, 0.25) is 0 Å². The summed E-state index contributed by atoms with van der Waals surface area (Å²) < 4.78 is 37.4. The Morgan fingerprint density at radius 1 is 1.24 bits per heavy atom.